The number of hydrazone groups is 1. The van der Waals surface area contributed by atoms with Crippen molar-refractivity contribution in [3.05, 3.63) is 127 Å². The molecule has 0 radical (unpaired) electrons. The van der Waals surface area contributed by atoms with E-state index in [9.17, 15) is 9.59 Å². The monoisotopic (exact) mass is 745 g/mol. The van der Waals surface area contributed by atoms with Gasteiger partial charge in [0, 0.05) is 15.9 Å². The van der Waals surface area contributed by atoms with Gasteiger partial charge < -0.3 is 14.8 Å². The quantitative estimate of drug-likeness (QED) is 0.115. The minimum atomic E-state index is -0.935. The SMILES string of the molecule is C[C@@H](Oc1ccc(Cl)cc1Cl)C(=O)N[C@H](Cc1ccccc1)C(=O)N/N=C\c1ccc(OCc2ccc(Br)cc2)c(Br)c1. The van der Waals surface area contributed by atoms with Crippen molar-refractivity contribution in [2.75, 3.05) is 0 Å². The summed E-state index contributed by atoms with van der Waals surface area (Å²) < 4.78 is 13.4. The maximum Gasteiger partial charge on any atom is 0.262 e. The van der Waals surface area contributed by atoms with Crippen LogP contribution >= 0.6 is 55.1 Å². The maximum atomic E-state index is 13.2. The Kier molecular flexibility index (Phi) is 12.0. The first kappa shape index (κ1) is 32.5. The van der Waals surface area contributed by atoms with Crippen molar-refractivity contribution in [1.29, 1.82) is 0 Å². The van der Waals surface area contributed by atoms with E-state index in [4.69, 9.17) is 32.7 Å². The second kappa shape index (κ2) is 15.9. The number of ether oxygens (including phenoxy) is 2. The third kappa shape index (κ3) is 10.1. The van der Waals surface area contributed by atoms with Crippen LogP contribution in [0.5, 0.6) is 11.5 Å². The number of benzene rings is 4. The van der Waals surface area contributed by atoms with E-state index in [1.54, 1.807) is 19.1 Å². The van der Waals surface area contributed by atoms with Crippen LogP contribution in [0.2, 0.25) is 10.0 Å². The average Bonchev–Trinajstić information content (AvgIpc) is 2.99. The van der Waals surface area contributed by atoms with Crippen molar-refractivity contribution in [2.24, 2.45) is 5.10 Å². The van der Waals surface area contributed by atoms with Crippen LogP contribution in [0, 0.1) is 0 Å². The Hall–Kier alpha value is -3.37. The molecular formula is C32H27Br2Cl2N3O4. The number of carbonyl (C=O) groups is 2. The van der Waals surface area contributed by atoms with Gasteiger partial charge in [0.2, 0.25) is 0 Å². The lowest BCUT2D eigenvalue weighted by atomic mass is 10.1. The third-order valence-corrected chi connectivity index (χ3v) is 7.81. The van der Waals surface area contributed by atoms with Crippen molar-refractivity contribution >= 4 is 73.1 Å². The standard InChI is InChI=1S/C32H27Br2Cl2N3O4/c1-20(43-30-14-12-25(35)17-27(30)36)31(40)38-28(16-21-5-3-2-4-6-21)32(41)39-37-18-23-9-13-29(26(34)15-23)42-19-22-7-10-24(33)11-8-22/h2-15,17-18,20,28H,16,19H2,1H3,(H,38,40)(H,39,41)/b37-18-/t20-,28-/m1/s1. The molecule has 0 saturated heterocycles. The maximum absolute atomic E-state index is 13.2. The number of nitrogens with zero attached hydrogens (tertiary/aromatic N) is 1. The zero-order chi connectivity index (χ0) is 30.8. The number of nitrogens with one attached hydrogen (secondary N) is 2. The number of amides is 2. The second-order valence-corrected chi connectivity index (χ2v) is 12.0. The summed E-state index contributed by atoms with van der Waals surface area (Å²) in [6, 6.07) is 26.5. The molecule has 0 aromatic heterocycles. The van der Waals surface area contributed by atoms with Gasteiger partial charge in [0.15, 0.2) is 6.10 Å². The zero-order valence-electron chi connectivity index (χ0n) is 22.9. The van der Waals surface area contributed by atoms with Crippen molar-refractivity contribution in [1.82, 2.24) is 10.7 Å². The third-order valence-electron chi connectivity index (χ3n) is 6.13. The summed E-state index contributed by atoms with van der Waals surface area (Å²) in [5.41, 5.74) is 5.17. The van der Waals surface area contributed by atoms with E-state index >= 15 is 0 Å². The van der Waals surface area contributed by atoms with E-state index in [1.165, 1.54) is 12.3 Å². The lowest BCUT2D eigenvalue weighted by Crippen LogP contribution is -2.50. The lowest BCUT2D eigenvalue weighted by molar-refractivity contribution is -0.132. The zero-order valence-corrected chi connectivity index (χ0v) is 27.6. The fourth-order valence-corrected chi connectivity index (χ4v) is 5.10. The number of rotatable bonds is 12. The van der Waals surface area contributed by atoms with Crippen LogP contribution in [-0.2, 0) is 22.6 Å². The Labute approximate surface area is 276 Å². The number of halogens is 4. The average molecular weight is 748 g/mol. The first-order valence-corrected chi connectivity index (χ1v) is 15.5. The van der Waals surface area contributed by atoms with E-state index in [1.807, 2.05) is 72.8 Å². The Morgan fingerprint density at radius 3 is 2.30 bits per heavy atom. The number of hydrogen-bond acceptors (Lipinski definition) is 5. The molecule has 2 amide bonds. The summed E-state index contributed by atoms with van der Waals surface area (Å²) in [6.07, 6.45) is 0.824. The normalized spacial score (nSPS) is 12.4. The van der Waals surface area contributed by atoms with Gasteiger partial charge in [-0.3, -0.25) is 9.59 Å². The summed E-state index contributed by atoms with van der Waals surface area (Å²) in [4.78, 5) is 26.2. The van der Waals surface area contributed by atoms with Crippen LogP contribution in [0.25, 0.3) is 0 Å². The van der Waals surface area contributed by atoms with Gasteiger partial charge in [0.25, 0.3) is 11.8 Å². The molecular weight excluding hydrogens is 721 g/mol. The first-order valence-electron chi connectivity index (χ1n) is 13.1. The summed E-state index contributed by atoms with van der Waals surface area (Å²) in [5, 5.41) is 7.60. The Bertz CT molecular complexity index is 1590. The van der Waals surface area contributed by atoms with Crippen LogP contribution in [0.3, 0.4) is 0 Å². The molecule has 0 bridgehead atoms. The lowest BCUT2D eigenvalue weighted by Gasteiger charge is -2.21. The molecule has 0 spiro atoms. The first-order chi connectivity index (χ1) is 20.7. The molecule has 11 heteroatoms. The summed E-state index contributed by atoms with van der Waals surface area (Å²) in [7, 11) is 0. The van der Waals surface area contributed by atoms with Gasteiger partial charge >= 0.3 is 0 Å². The van der Waals surface area contributed by atoms with Gasteiger partial charge in [-0.15, -0.1) is 0 Å². The smallest absolute Gasteiger partial charge is 0.262 e. The molecule has 4 aromatic carbocycles. The van der Waals surface area contributed by atoms with Gasteiger partial charge in [-0.2, -0.15) is 5.10 Å². The van der Waals surface area contributed by atoms with Gasteiger partial charge in [0.05, 0.1) is 15.7 Å². The molecule has 0 saturated carbocycles. The molecule has 2 atom stereocenters. The fraction of sp³-hybridized carbons (Fsp3) is 0.156. The van der Waals surface area contributed by atoms with Crippen LogP contribution in [0.15, 0.2) is 105 Å². The van der Waals surface area contributed by atoms with Crippen molar-refractivity contribution in [3.63, 3.8) is 0 Å². The molecule has 0 aliphatic rings. The summed E-state index contributed by atoms with van der Waals surface area (Å²) in [6.45, 7) is 1.99. The molecule has 0 aliphatic carbocycles. The largest absolute Gasteiger partial charge is 0.488 e. The molecule has 0 unspecified atom stereocenters. The Morgan fingerprint density at radius 2 is 1.60 bits per heavy atom. The molecule has 0 aliphatic heterocycles. The van der Waals surface area contributed by atoms with E-state index in [0.29, 0.717) is 23.1 Å². The highest BCUT2D eigenvalue weighted by molar-refractivity contribution is 9.10. The van der Waals surface area contributed by atoms with Crippen molar-refractivity contribution < 1.29 is 19.1 Å². The predicted octanol–water partition coefficient (Wildman–Crippen LogP) is 7.74. The van der Waals surface area contributed by atoms with E-state index in [0.717, 1.165) is 25.6 Å². The molecule has 0 heterocycles. The predicted molar refractivity (Wildman–Crippen MR) is 177 cm³/mol. The number of hydrogen-bond donors (Lipinski definition) is 2. The fourth-order valence-electron chi connectivity index (χ4n) is 3.87. The second-order valence-electron chi connectivity index (χ2n) is 9.42. The highest BCUT2D eigenvalue weighted by atomic mass is 79.9. The topological polar surface area (TPSA) is 89.0 Å². The summed E-state index contributed by atoms with van der Waals surface area (Å²) >= 11 is 19.1. The molecule has 222 valence electrons. The molecule has 43 heavy (non-hydrogen) atoms. The van der Waals surface area contributed by atoms with Crippen LogP contribution in [-0.4, -0.2) is 30.2 Å². The van der Waals surface area contributed by atoms with Gasteiger partial charge in [-0.1, -0.05) is 81.6 Å². The van der Waals surface area contributed by atoms with E-state index in [2.05, 4.69) is 47.7 Å². The molecule has 4 rings (SSSR count). The molecule has 7 nitrogen and oxygen atoms in total. The molecule has 2 N–H and O–H groups in total. The van der Waals surface area contributed by atoms with Crippen LogP contribution in [0.1, 0.15) is 23.6 Å². The molecule has 0 fully saturated rings. The summed E-state index contributed by atoms with van der Waals surface area (Å²) in [5.74, 6) is -0.00309. The van der Waals surface area contributed by atoms with E-state index in [-0.39, 0.29) is 11.4 Å². The highest BCUT2D eigenvalue weighted by Crippen LogP contribution is 2.29. The minimum Gasteiger partial charge on any atom is -0.488 e. The van der Waals surface area contributed by atoms with Gasteiger partial charge in [0.1, 0.15) is 24.1 Å². The Balaban J connectivity index is 1.38. The highest BCUT2D eigenvalue weighted by Gasteiger charge is 2.25. The Morgan fingerprint density at radius 1 is 0.884 bits per heavy atom. The molecule has 4 aromatic rings. The minimum absolute atomic E-state index is 0.248. The van der Waals surface area contributed by atoms with Gasteiger partial charge in [-0.25, -0.2) is 5.43 Å². The van der Waals surface area contributed by atoms with Crippen molar-refractivity contribution in [2.45, 2.75) is 32.1 Å². The van der Waals surface area contributed by atoms with Crippen LogP contribution in [0.4, 0.5) is 0 Å². The van der Waals surface area contributed by atoms with E-state index < -0.39 is 24.0 Å². The van der Waals surface area contributed by atoms with Crippen molar-refractivity contribution in [3.8, 4) is 11.5 Å². The van der Waals surface area contributed by atoms with Crippen LogP contribution < -0.4 is 20.2 Å². The number of carbonyl (C=O) groups excluding carboxylic acids is 2. The van der Waals surface area contributed by atoms with Gasteiger partial charge in [-0.05, 0) is 88.1 Å².